The normalized spacial score (nSPS) is 13.0. The van der Waals surface area contributed by atoms with E-state index in [2.05, 4.69) is 30.2 Å². The molecule has 2 N–H and O–H groups in total. The monoisotopic (exact) mass is 425 g/mol. The summed E-state index contributed by atoms with van der Waals surface area (Å²) in [4.78, 5) is 9.26. The Balaban J connectivity index is 1.80. The van der Waals surface area contributed by atoms with Crippen LogP contribution in [0.4, 0.5) is 5.82 Å². The van der Waals surface area contributed by atoms with Crippen molar-refractivity contribution < 1.29 is 9.84 Å². The molecule has 0 saturated heterocycles. The molecule has 2 aromatic carbocycles. The number of aliphatic hydroxyl groups is 1. The lowest BCUT2D eigenvalue weighted by Gasteiger charge is -2.19. The fourth-order valence-corrected chi connectivity index (χ4v) is 3.58. The molecule has 0 aliphatic rings. The molecule has 0 bridgehead atoms. The molecular weight excluding hydrogens is 398 g/mol. The van der Waals surface area contributed by atoms with Crippen LogP contribution in [0.2, 0.25) is 5.02 Å². The summed E-state index contributed by atoms with van der Waals surface area (Å²) < 4.78 is 5.32. The molecule has 5 nitrogen and oxygen atoms in total. The summed E-state index contributed by atoms with van der Waals surface area (Å²) in [5.74, 6) is 2.35. The molecule has 0 aliphatic heterocycles. The van der Waals surface area contributed by atoms with Crippen molar-refractivity contribution in [3.63, 3.8) is 0 Å². The van der Waals surface area contributed by atoms with Gasteiger partial charge in [-0.15, -0.1) is 0 Å². The number of aliphatic hydroxyl groups excluding tert-OH is 1. The second kappa shape index (κ2) is 10.4. The minimum absolute atomic E-state index is 0.00154. The maximum atomic E-state index is 9.39. The summed E-state index contributed by atoms with van der Waals surface area (Å²) in [6.07, 6.45) is 3.37. The second-order valence-electron chi connectivity index (χ2n) is 7.35. The SMILES string of the molecule is CCC(Cc1cccc(CO)c1)c1ncc(Cl)c(NC(C)c2cccc(OC)c2)n1. The van der Waals surface area contributed by atoms with Crippen LogP contribution in [0, 0.1) is 0 Å². The molecule has 6 heteroatoms. The summed E-state index contributed by atoms with van der Waals surface area (Å²) in [5, 5.41) is 13.3. The molecule has 0 spiro atoms. The van der Waals surface area contributed by atoms with Gasteiger partial charge in [0.2, 0.25) is 0 Å². The first-order valence-corrected chi connectivity index (χ1v) is 10.5. The van der Waals surface area contributed by atoms with Gasteiger partial charge in [-0.2, -0.15) is 0 Å². The second-order valence-corrected chi connectivity index (χ2v) is 7.76. The van der Waals surface area contributed by atoms with Crippen molar-refractivity contribution in [2.75, 3.05) is 12.4 Å². The van der Waals surface area contributed by atoms with E-state index in [9.17, 15) is 5.11 Å². The van der Waals surface area contributed by atoms with Crippen LogP contribution in [0.15, 0.2) is 54.7 Å². The lowest BCUT2D eigenvalue weighted by atomic mass is 9.95. The highest BCUT2D eigenvalue weighted by Crippen LogP contribution is 2.29. The smallest absolute Gasteiger partial charge is 0.149 e. The number of nitrogens with one attached hydrogen (secondary N) is 1. The van der Waals surface area contributed by atoms with Gasteiger partial charge in [0.15, 0.2) is 0 Å². The Labute approximate surface area is 183 Å². The van der Waals surface area contributed by atoms with E-state index < -0.39 is 0 Å². The van der Waals surface area contributed by atoms with Gasteiger partial charge in [0.1, 0.15) is 22.4 Å². The number of rotatable bonds is 9. The molecule has 0 fully saturated rings. The third-order valence-corrected chi connectivity index (χ3v) is 5.50. The summed E-state index contributed by atoms with van der Waals surface area (Å²) in [6.45, 7) is 4.23. The maximum absolute atomic E-state index is 9.39. The van der Waals surface area contributed by atoms with E-state index in [1.165, 1.54) is 0 Å². The zero-order chi connectivity index (χ0) is 21.5. The van der Waals surface area contributed by atoms with Crippen molar-refractivity contribution in [3.05, 3.63) is 82.3 Å². The van der Waals surface area contributed by atoms with Crippen molar-refractivity contribution in [2.45, 2.75) is 45.3 Å². The van der Waals surface area contributed by atoms with Crippen LogP contribution in [0.3, 0.4) is 0 Å². The number of hydrogen-bond acceptors (Lipinski definition) is 5. The Morgan fingerprint density at radius 2 is 1.90 bits per heavy atom. The van der Waals surface area contributed by atoms with Crippen LogP contribution in [-0.2, 0) is 13.0 Å². The topological polar surface area (TPSA) is 67.3 Å². The predicted octanol–water partition coefficient (Wildman–Crippen LogP) is 5.54. The number of ether oxygens (including phenoxy) is 1. The van der Waals surface area contributed by atoms with Crippen LogP contribution in [0.1, 0.15) is 54.7 Å². The zero-order valence-electron chi connectivity index (χ0n) is 17.6. The highest BCUT2D eigenvalue weighted by Gasteiger charge is 2.17. The minimum atomic E-state index is 0.00154. The zero-order valence-corrected chi connectivity index (χ0v) is 18.4. The quantitative estimate of drug-likeness (QED) is 0.471. The Kier molecular flexibility index (Phi) is 7.66. The van der Waals surface area contributed by atoms with Gasteiger partial charge in [0.05, 0.1) is 26.0 Å². The lowest BCUT2D eigenvalue weighted by Crippen LogP contribution is -2.13. The summed E-state index contributed by atoms with van der Waals surface area (Å²) in [5.41, 5.74) is 3.15. The summed E-state index contributed by atoms with van der Waals surface area (Å²) in [6, 6.07) is 15.9. The van der Waals surface area contributed by atoms with E-state index in [1.807, 2.05) is 42.5 Å². The molecule has 0 aliphatic carbocycles. The molecule has 30 heavy (non-hydrogen) atoms. The molecule has 3 rings (SSSR count). The number of benzene rings is 2. The third kappa shape index (κ3) is 5.49. The van der Waals surface area contributed by atoms with Gasteiger partial charge >= 0.3 is 0 Å². The Hall–Kier alpha value is -2.63. The molecule has 158 valence electrons. The van der Waals surface area contributed by atoms with Gasteiger partial charge in [-0.05, 0) is 48.6 Å². The van der Waals surface area contributed by atoms with Crippen LogP contribution in [-0.4, -0.2) is 22.2 Å². The van der Waals surface area contributed by atoms with Gasteiger partial charge in [-0.1, -0.05) is 54.9 Å². The molecule has 2 unspecified atom stereocenters. The van der Waals surface area contributed by atoms with Gasteiger partial charge < -0.3 is 15.2 Å². The average molecular weight is 426 g/mol. The van der Waals surface area contributed by atoms with E-state index in [-0.39, 0.29) is 18.6 Å². The fraction of sp³-hybridized carbons (Fsp3) is 0.333. The van der Waals surface area contributed by atoms with Crippen molar-refractivity contribution in [2.24, 2.45) is 0 Å². The number of aromatic nitrogens is 2. The van der Waals surface area contributed by atoms with Crippen molar-refractivity contribution >= 4 is 17.4 Å². The largest absolute Gasteiger partial charge is 0.497 e. The molecular formula is C24H28ClN3O2. The van der Waals surface area contributed by atoms with E-state index in [0.29, 0.717) is 10.8 Å². The molecule has 3 aromatic rings. The van der Waals surface area contributed by atoms with E-state index in [1.54, 1.807) is 13.3 Å². The highest BCUT2D eigenvalue weighted by molar-refractivity contribution is 6.32. The first kappa shape index (κ1) is 22.1. The van der Waals surface area contributed by atoms with Crippen LogP contribution in [0.5, 0.6) is 5.75 Å². The number of hydrogen-bond donors (Lipinski definition) is 2. The van der Waals surface area contributed by atoms with E-state index >= 15 is 0 Å². The molecule has 0 saturated carbocycles. The number of methoxy groups -OCH3 is 1. The van der Waals surface area contributed by atoms with Crippen LogP contribution in [0.25, 0.3) is 0 Å². The lowest BCUT2D eigenvalue weighted by molar-refractivity contribution is 0.281. The molecule has 1 aromatic heterocycles. The Morgan fingerprint density at radius 3 is 2.63 bits per heavy atom. The van der Waals surface area contributed by atoms with Crippen molar-refractivity contribution in [1.29, 1.82) is 0 Å². The van der Waals surface area contributed by atoms with Crippen molar-refractivity contribution in [1.82, 2.24) is 9.97 Å². The standard InChI is InChI=1S/C24H28ClN3O2/c1-4-19(12-17-7-5-8-18(11-17)15-29)23-26-14-22(25)24(28-23)27-16(2)20-9-6-10-21(13-20)30-3/h5-11,13-14,16,19,29H,4,12,15H2,1-3H3,(H,26,27,28). The highest BCUT2D eigenvalue weighted by atomic mass is 35.5. The molecule has 0 radical (unpaired) electrons. The van der Waals surface area contributed by atoms with Crippen LogP contribution >= 0.6 is 11.6 Å². The first-order chi connectivity index (χ1) is 14.5. The molecule has 0 amide bonds. The Bertz CT molecular complexity index is 980. The third-order valence-electron chi connectivity index (χ3n) is 5.22. The maximum Gasteiger partial charge on any atom is 0.149 e. The fourth-order valence-electron chi connectivity index (χ4n) is 3.44. The summed E-state index contributed by atoms with van der Waals surface area (Å²) >= 11 is 6.39. The van der Waals surface area contributed by atoms with Crippen LogP contribution < -0.4 is 10.1 Å². The van der Waals surface area contributed by atoms with E-state index in [4.69, 9.17) is 21.3 Å². The minimum Gasteiger partial charge on any atom is -0.497 e. The van der Waals surface area contributed by atoms with Gasteiger partial charge in [0.25, 0.3) is 0 Å². The van der Waals surface area contributed by atoms with Gasteiger partial charge in [-0.25, -0.2) is 9.97 Å². The van der Waals surface area contributed by atoms with Gasteiger partial charge in [0, 0.05) is 5.92 Å². The average Bonchev–Trinajstić information content (AvgIpc) is 2.79. The predicted molar refractivity (Wildman–Crippen MR) is 121 cm³/mol. The van der Waals surface area contributed by atoms with Gasteiger partial charge in [-0.3, -0.25) is 0 Å². The van der Waals surface area contributed by atoms with E-state index in [0.717, 1.165) is 41.1 Å². The number of nitrogens with zero attached hydrogens (tertiary/aromatic N) is 2. The number of halogens is 1. The molecule has 2 atom stereocenters. The van der Waals surface area contributed by atoms with Crippen molar-refractivity contribution in [3.8, 4) is 5.75 Å². The summed E-state index contributed by atoms with van der Waals surface area (Å²) in [7, 11) is 1.66. The first-order valence-electron chi connectivity index (χ1n) is 10.2. The Morgan fingerprint density at radius 1 is 1.13 bits per heavy atom. The number of anilines is 1. The molecule has 1 heterocycles.